The van der Waals surface area contributed by atoms with Gasteiger partial charge in [-0.3, -0.25) is 14.6 Å². The van der Waals surface area contributed by atoms with Crippen LogP contribution >= 0.6 is 11.6 Å². The van der Waals surface area contributed by atoms with E-state index in [4.69, 9.17) is 11.6 Å². The molecule has 5 heteroatoms. The largest absolute Gasteiger partial charge is 0.295 e. The average molecular weight is 279 g/mol. The van der Waals surface area contributed by atoms with E-state index in [1.165, 1.54) is 5.56 Å². The lowest BCUT2D eigenvalue weighted by atomic mass is 10.2. The molecule has 0 saturated carbocycles. The predicted octanol–water partition coefficient (Wildman–Crippen LogP) is 2.80. The van der Waals surface area contributed by atoms with Crippen molar-refractivity contribution in [1.29, 1.82) is 0 Å². The van der Waals surface area contributed by atoms with Gasteiger partial charge in [0.15, 0.2) is 0 Å². The first-order valence-corrected chi connectivity index (χ1v) is 6.78. The Morgan fingerprint density at radius 1 is 1.26 bits per heavy atom. The smallest absolute Gasteiger partial charge is 0.131 e. The number of halogens is 1. The summed E-state index contributed by atoms with van der Waals surface area (Å²) in [6.07, 6.45) is 3.65. The van der Waals surface area contributed by atoms with E-state index in [2.05, 4.69) is 21.9 Å². The van der Waals surface area contributed by atoms with Crippen molar-refractivity contribution in [3.63, 3.8) is 0 Å². The lowest BCUT2D eigenvalue weighted by Crippen LogP contribution is -2.22. The van der Waals surface area contributed by atoms with Crippen molar-refractivity contribution < 1.29 is 0 Å². The Kier molecular flexibility index (Phi) is 4.56. The number of hydrogen-bond acceptors (Lipinski definition) is 3. The van der Waals surface area contributed by atoms with Gasteiger partial charge in [0.25, 0.3) is 0 Å². The third-order valence-electron chi connectivity index (χ3n) is 3.25. The first kappa shape index (κ1) is 14.0. The number of hydrogen-bond donors (Lipinski definition) is 0. The van der Waals surface area contributed by atoms with Crippen molar-refractivity contribution in [1.82, 2.24) is 19.7 Å². The van der Waals surface area contributed by atoms with Crippen LogP contribution in [-0.2, 0) is 20.1 Å². The van der Waals surface area contributed by atoms with Gasteiger partial charge >= 0.3 is 0 Å². The van der Waals surface area contributed by atoms with E-state index in [1.807, 2.05) is 38.5 Å². The van der Waals surface area contributed by atoms with Crippen LogP contribution in [0.2, 0.25) is 5.15 Å². The maximum absolute atomic E-state index is 6.28. The summed E-state index contributed by atoms with van der Waals surface area (Å²) in [4.78, 5) is 6.38. The predicted molar refractivity (Wildman–Crippen MR) is 77.0 cm³/mol. The second-order valence-electron chi connectivity index (χ2n) is 4.64. The third-order valence-corrected chi connectivity index (χ3v) is 3.73. The summed E-state index contributed by atoms with van der Waals surface area (Å²) in [5, 5.41) is 5.08. The highest BCUT2D eigenvalue weighted by atomic mass is 35.5. The highest BCUT2D eigenvalue weighted by Crippen LogP contribution is 2.21. The summed E-state index contributed by atoms with van der Waals surface area (Å²) in [5.41, 5.74) is 3.37. The Bertz CT molecular complexity index is 536. The molecule has 0 unspecified atom stereocenters. The lowest BCUT2D eigenvalue weighted by molar-refractivity contribution is 0.271. The molecule has 102 valence electrons. The van der Waals surface area contributed by atoms with Crippen molar-refractivity contribution in [2.75, 3.05) is 6.54 Å². The van der Waals surface area contributed by atoms with Gasteiger partial charge in [-0.2, -0.15) is 5.10 Å². The van der Waals surface area contributed by atoms with Crippen LogP contribution in [0.15, 0.2) is 24.5 Å². The molecule has 0 aliphatic carbocycles. The van der Waals surface area contributed by atoms with Gasteiger partial charge in [-0.1, -0.05) is 18.5 Å². The van der Waals surface area contributed by atoms with Crippen LogP contribution in [0.3, 0.4) is 0 Å². The summed E-state index contributed by atoms with van der Waals surface area (Å²) < 4.78 is 1.73. The minimum atomic E-state index is 0.727. The second-order valence-corrected chi connectivity index (χ2v) is 5.00. The molecule has 0 aliphatic rings. The van der Waals surface area contributed by atoms with Crippen molar-refractivity contribution in [2.24, 2.45) is 7.05 Å². The van der Waals surface area contributed by atoms with E-state index in [9.17, 15) is 0 Å². The quantitative estimate of drug-likeness (QED) is 0.843. The van der Waals surface area contributed by atoms with Gasteiger partial charge in [0.1, 0.15) is 5.15 Å². The lowest BCUT2D eigenvalue weighted by Gasteiger charge is -2.20. The molecule has 2 rings (SSSR count). The number of aromatic nitrogens is 3. The number of nitrogens with zero attached hydrogens (tertiary/aromatic N) is 4. The Hall–Kier alpha value is -1.39. The molecule has 19 heavy (non-hydrogen) atoms. The molecule has 2 aromatic rings. The molecular formula is C14H19ClN4. The van der Waals surface area contributed by atoms with Crippen molar-refractivity contribution >= 4 is 11.6 Å². The van der Waals surface area contributed by atoms with Crippen LogP contribution < -0.4 is 0 Å². The number of aryl methyl sites for hydroxylation is 2. The fourth-order valence-corrected chi connectivity index (χ4v) is 2.34. The van der Waals surface area contributed by atoms with E-state index in [1.54, 1.807) is 4.68 Å². The first-order chi connectivity index (χ1) is 9.11. The molecular weight excluding hydrogens is 260 g/mol. The molecule has 0 saturated heterocycles. The highest BCUT2D eigenvalue weighted by molar-refractivity contribution is 6.30. The Labute approximate surface area is 119 Å². The molecule has 0 radical (unpaired) electrons. The van der Waals surface area contributed by atoms with Crippen LogP contribution in [0.25, 0.3) is 0 Å². The van der Waals surface area contributed by atoms with Crippen molar-refractivity contribution in [3.05, 3.63) is 46.5 Å². The molecule has 0 N–H and O–H groups in total. The topological polar surface area (TPSA) is 34.0 Å². The summed E-state index contributed by atoms with van der Waals surface area (Å²) in [5.74, 6) is 0. The SMILES string of the molecule is CCN(Cc1ccncc1)Cc1c(C)nn(C)c1Cl. The normalized spacial score (nSPS) is 11.2. The summed E-state index contributed by atoms with van der Waals surface area (Å²) in [6, 6.07) is 4.08. The fourth-order valence-electron chi connectivity index (χ4n) is 2.10. The van der Waals surface area contributed by atoms with Crippen LogP contribution in [0.5, 0.6) is 0 Å². The van der Waals surface area contributed by atoms with Gasteiger partial charge in [-0.05, 0) is 31.2 Å². The van der Waals surface area contributed by atoms with E-state index in [-0.39, 0.29) is 0 Å². The molecule has 0 amide bonds. The second kappa shape index (κ2) is 6.17. The molecule has 0 aromatic carbocycles. The van der Waals surface area contributed by atoms with Gasteiger partial charge in [0, 0.05) is 38.1 Å². The zero-order valence-corrected chi connectivity index (χ0v) is 12.4. The van der Waals surface area contributed by atoms with Crippen LogP contribution in [0.4, 0.5) is 0 Å². The monoisotopic (exact) mass is 278 g/mol. The molecule has 2 aromatic heterocycles. The number of pyridine rings is 1. The zero-order valence-electron chi connectivity index (χ0n) is 11.6. The van der Waals surface area contributed by atoms with Crippen molar-refractivity contribution in [2.45, 2.75) is 26.9 Å². The first-order valence-electron chi connectivity index (χ1n) is 6.41. The minimum absolute atomic E-state index is 0.727. The highest BCUT2D eigenvalue weighted by Gasteiger charge is 2.14. The van der Waals surface area contributed by atoms with Gasteiger partial charge in [-0.25, -0.2) is 0 Å². The van der Waals surface area contributed by atoms with Gasteiger partial charge in [0.2, 0.25) is 0 Å². The molecule has 0 spiro atoms. The summed E-state index contributed by atoms with van der Waals surface area (Å²) >= 11 is 6.28. The van der Waals surface area contributed by atoms with E-state index >= 15 is 0 Å². The van der Waals surface area contributed by atoms with E-state index < -0.39 is 0 Å². The molecule has 0 aliphatic heterocycles. The van der Waals surface area contributed by atoms with Crippen LogP contribution in [0.1, 0.15) is 23.7 Å². The summed E-state index contributed by atoms with van der Waals surface area (Å²) in [6.45, 7) is 6.83. The molecule has 4 nitrogen and oxygen atoms in total. The fraction of sp³-hybridized carbons (Fsp3) is 0.429. The number of rotatable bonds is 5. The standard InChI is InChI=1S/C14H19ClN4/c1-4-19(9-12-5-7-16-8-6-12)10-13-11(2)17-18(3)14(13)15/h5-8H,4,9-10H2,1-3H3. The summed E-state index contributed by atoms with van der Waals surface area (Å²) in [7, 11) is 1.87. The Morgan fingerprint density at radius 2 is 1.95 bits per heavy atom. The minimum Gasteiger partial charge on any atom is -0.295 e. The van der Waals surface area contributed by atoms with Crippen LogP contribution in [0, 0.1) is 6.92 Å². The van der Waals surface area contributed by atoms with Gasteiger partial charge in [0.05, 0.1) is 5.69 Å². The maximum Gasteiger partial charge on any atom is 0.131 e. The van der Waals surface area contributed by atoms with Crippen LogP contribution in [-0.4, -0.2) is 26.2 Å². The Morgan fingerprint density at radius 3 is 2.47 bits per heavy atom. The van der Waals surface area contributed by atoms with Gasteiger partial charge in [-0.15, -0.1) is 0 Å². The van der Waals surface area contributed by atoms with Crippen molar-refractivity contribution in [3.8, 4) is 0 Å². The Balaban J connectivity index is 2.11. The maximum atomic E-state index is 6.28. The third kappa shape index (κ3) is 3.33. The van der Waals surface area contributed by atoms with E-state index in [0.29, 0.717) is 0 Å². The molecule has 0 bridgehead atoms. The zero-order chi connectivity index (χ0) is 13.8. The molecule has 2 heterocycles. The molecule has 0 atom stereocenters. The van der Waals surface area contributed by atoms with Gasteiger partial charge < -0.3 is 0 Å². The van der Waals surface area contributed by atoms with E-state index in [0.717, 1.165) is 36.0 Å². The molecule has 0 fully saturated rings. The average Bonchev–Trinajstić information content (AvgIpc) is 2.65.